The number of carbonyl (C=O) groups excluding carboxylic acids is 1. The summed E-state index contributed by atoms with van der Waals surface area (Å²) in [7, 11) is 2.95. The topological polar surface area (TPSA) is 90.0 Å². The third-order valence-corrected chi connectivity index (χ3v) is 5.93. The Bertz CT molecular complexity index is 1280. The van der Waals surface area contributed by atoms with Gasteiger partial charge in [0.2, 0.25) is 5.16 Å². The van der Waals surface area contributed by atoms with E-state index in [-0.39, 0.29) is 0 Å². The highest BCUT2D eigenvalue weighted by atomic mass is 35.5. The minimum absolute atomic E-state index is 0.403. The molecule has 0 aliphatic rings. The molecule has 9 heteroatoms. The molecule has 0 atom stereocenters. The van der Waals surface area contributed by atoms with Gasteiger partial charge in [0.15, 0.2) is 5.82 Å². The normalized spacial score (nSPS) is 11.0. The summed E-state index contributed by atoms with van der Waals surface area (Å²) >= 11 is 7.49. The SMILES string of the molecule is COC(=O)c1c(CSc2n[nH]c(-c3cc(Cl)ccc3OC)n2)nc2ccccc2c1C. The minimum Gasteiger partial charge on any atom is -0.496 e. The molecule has 0 aliphatic carbocycles. The summed E-state index contributed by atoms with van der Waals surface area (Å²) in [4.78, 5) is 21.7. The number of aromatic amines is 1. The largest absolute Gasteiger partial charge is 0.496 e. The highest BCUT2D eigenvalue weighted by molar-refractivity contribution is 7.98. The number of thioether (sulfide) groups is 1. The number of halogens is 1. The number of ether oxygens (including phenoxy) is 2. The van der Waals surface area contributed by atoms with Crippen molar-refractivity contribution in [1.29, 1.82) is 0 Å². The highest BCUT2D eigenvalue weighted by Gasteiger charge is 2.20. The number of carbonyl (C=O) groups is 1. The summed E-state index contributed by atoms with van der Waals surface area (Å²) < 4.78 is 10.4. The van der Waals surface area contributed by atoms with Crippen LogP contribution >= 0.6 is 23.4 Å². The van der Waals surface area contributed by atoms with E-state index in [1.165, 1.54) is 18.9 Å². The third kappa shape index (κ3) is 4.22. The van der Waals surface area contributed by atoms with Gasteiger partial charge in [0.25, 0.3) is 0 Å². The molecule has 0 bridgehead atoms. The molecule has 4 aromatic rings. The van der Waals surface area contributed by atoms with Gasteiger partial charge < -0.3 is 9.47 Å². The van der Waals surface area contributed by atoms with Crippen molar-refractivity contribution in [2.75, 3.05) is 14.2 Å². The number of benzene rings is 2. The van der Waals surface area contributed by atoms with Crippen molar-refractivity contribution in [1.82, 2.24) is 20.2 Å². The van der Waals surface area contributed by atoms with Crippen LogP contribution < -0.4 is 4.74 Å². The molecule has 0 spiro atoms. The van der Waals surface area contributed by atoms with Gasteiger partial charge >= 0.3 is 5.97 Å². The zero-order valence-electron chi connectivity index (χ0n) is 17.1. The number of esters is 1. The zero-order valence-corrected chi connectivity index (χ0v) is 18.7. The van der Waals surface area contributed by atoms with E-state index in [1.54, 1.807) is 25.3 Å². The second kappa shape index (κ2) is 8.95. The smallest absolute Gasteiger partial charge is 0.340 e. The number of nitrogens with zero attached hydrogens (tertiary/aromatic N) is 3. The predicted molar refractivity (Wildman–Crippen MR) is 121 cm³/mol. The van der Waals surface area contributed by atoms with Crippen LogP contribution in [0.4, 0.5) is 0 Å². The molecule has 0 saturated heterocycles. The third-order valence-electron chi connectivity index (χ3n) is 4.84. The summed E-state index contributed by atoms with van der Waals surface area (Å²) in [5.74, 6) is 1.17. The van der Waals surface area contributed by atoms with Gasteiger partial charge in [-0.15, -0.1) is 5.10 Å². The van der Waals surface area contributed by atoms with E-state index in [4.69, 9.17) is 26.1 Å². The number of fused-ring (bicyclic) bond motifs is 1. The first-order valence-corrected chi connectivity index (χ1v) is 10.7. The molecule has 2 aromatic heterocycles. The van der Waals surface area contributed by atoms with Gasteiger partial charge in [0, 0.05) is 16.2 Å². The number of aromatic nitrogens is 4. The van der Waals surface area contributed by atoms with Crippen molar-refractivity contribution in [3.05, 3.63) is 64.3 Å². The lowest BCUT2D eigenvalue weighted by Gasteiger charge is -2.12. The lowest BCUT2D eigenvalue weighted by atomic mass is 10.0. The maximum atomic E-state index is 12.5. The van der Waals surface area contributed by atoms with E-state index in [0.29, 0.717) is 44.3 Å². The Hall–Kier alpha value is -3.10. The molecule has 4 rings (SSSR count). The number of rotatable bonds is 6. The van der Waals surface area contributed by atoms with Crippen LogP contribution in [0.25, 0.3) is 22.3 Å². The monoisotopic (exact) mass is 454 g/mol. The van der Waals surface area contributed by atoms with Gasteiger partial charge in [-0.2, -0.15) is 0 Å². The van der Waals surface area contributed by atoms with Crippen LogP contribution in [-0.4, -0.2) is 40.4 Å². The average Bonchev–Trinajstić information content (AvgIpc) is 3.26. The second-order valence-corrected chi connectivity index (χ2v) is 8.05. The van der Waals surface area contributed by atoms with Crippen LogP contribution in [0.3, 0.4) is 0 Å². The van der Waals surface area contributed by atoms with Gasteiger partial charge in [-0.25, -0.2) is 9.78 Å². The first kappa shape index (κ1) is 21.1. The van der Waals surface area contributed by atoms with E-state index >= 15 is 0 Å². The Kier molecular flexibility index (Phi) is 6.11. The number of aryl methyl sites for hydroxylation is 1. The molecule has 0 aliphatic heterocycles. The van der Waals surface area contributed by atoms with Gasteiger partial charge in [0.1, 0.15) is 5.75 Å². The predicted octanol–water partition coefficient (Wildman–Crippen LogP) is 5.07. The Morgan fingerprint density at radius 1 is 1.16 bits per heavy atom. The molecule has 0 amide bonds. The average molecular weight is 455 g/mol. The van der Waals surface area contributed by atoms with E-state index in [0.717, 1.165) is 16.5 Å². The Balaban J connectivity index is 1.65. The van der Waals surface area contributed by atoms with E-state index in [2.05, 4.69) is 15.2 Å². The summed E-state index contributed by atoms with van der Waals surface area (Å²) in [6.45, 7) is 1.90. The Morgan fingerprint density at radius 2 is 1.97 bits per heavy atom. The minimum atomic E-state index is -0.411. The maximum absolute atomic E-state index is 12.5. The van der Waals surface area contributed by atoms with E-state index < -0.39 is 5.97 Å². The number of para-hydroxylation sites is 1. The molecule has 0 unspecified atom stereocenters. The first-order chi connectivity index (χ1) is 15.0. The van der Waals surface area contributed by atoms with E-state index in [9.17, 15) is 4.79 Å². The van der Waals surface area contributed by atoms with Crippen molar-refractivity contribution in [3.63, 3.8) is 0 Å². The van der Waals surface area contributed by atoms with Gasteiger partial charge in [-0.1, -0.05) is 41.6 Å². The summed E-state index contributed by atoms with van der Waals surface area (Å²) in [5.41, 5.74) is 3.47. The first-order valence-electron chi connectivity index (χ1n) is 9.37. The molecular formula is C22H19ClN4O3S. The molecule has 7 nitrogen and oxygen atoms in total. The highest BCUT2D eigenvalue weighted by Crippen LogP contribution is 2.32. The molecule has 0 radical (unpaired) electrons. The fraction of sp³-hybridized carbons (Fsp3) is 0.182. The number of methoxy groups -OCH3 is 2. The molecule has 158 valence electrons. The Morgan fingerprint density at radius 3 is 2.74 bits per heavy atom. The molecule has 0 fully saturated rings. The number of H-pyrrole nitrogens is 1. The second-order valence-electron chi connectivity index (χ2n) is 6.67. The number of hydrogen-bond donors (Lipinski definition) is 1. The molecule has 2 aromatic carbocycles. The van der Waals surface area contributed by atoms with Crippen molar-refractivity contribution in [3.8, 4) is 17.1 Å². The van der Waals surface area contributed by atoms with Crippen molar-refractivity contribution in [2.45, 2.75) is 17.8 Å². The zero-order chi connectivity index (χ0) is 22.0. The fourth-order valence-corrected chi connectivity index (χ4v) is 4.26. The summed E-state index contributed by atoms with van der Waals surface area (Å²) in [6.07, 6.45) is 0. The standard InChI is InChI=1S/C22H19ClN4O3S/c1-12-14-6-4-5-7-16(14)24-17(19(12)21(28)30-3)11-31-22-25-20(26-27-22)15-10-13(23)8-9-18(15)29-2/h4-10H,11H2,1-3H3,(H,25,26,27). The molecule has 2 heterocycles. The van der Waals surface area contributed by atoms with Crippen molar-refractivity contribution >= 4 is 40.2 Å². The van der Waals surface area contributed by atoms with Gasteiger partial charge in [-0.05, 0) is 36.8 Å². The lowest BCUT2D eigenvalue weighted by Crippen LogP contribution is -2.10. The van der Waals surface area contributed by atoms with Crippen LogP contribution in [0.1, 0.15) is 21.6 Å². The van der Waals surface area contributed by atoms with Gasteiger partial charge in [0.05, 0.1) is 36.6 Å². The molecular weight excluding hydrogens is 436 g/mol. The lowest BCUT2D eigenvalue weighted by molar-refractivity contribution is 0.0598. The van der Waals surface area contributed by atoms with Crippen LogP contribution in [0.15, 0.2) is 47.6 Å². The summed E-state index contributed by atoms with van der Waals surface area (Å²) in [6, 6.07) is 13.0. The fourth-order valence-electron chi connectivity index (χ4n) is 3.35. The van der Waals surface area contributed by atoms with Crippen LogP contribution in [0, 0.1) is 6.92 Å². The van der Waals surface area contributed by atoms with Crippen LogP contribution in [0.2, 0.25) is 5.02 Å². The molecule has 0 saturated carbocycles. The quantitative estimate of drug-likeness (QED) is 0.321. The van der Waals surface area contributed by atoms with Gasteiger partial charge in [-0.3, -0.25) is 10.1 Å². The Labute approximate surface area is 188 Å². The van der Waals surface area contributed by atoms with Crippen LogP contribution in [0.5, 0.6) is 5.75 Å². The maximum Gasteiger partial charge on any atom is 0.340 e. The number of pyridine rings is 1. The van der Waals surface area contributed by atoms with Crippen molar-refractivity contribution < 1.29 is 14.3 Å². The van der Waals surface area contributed by atoms with E-state index in [1.807, 2.05) is 31.2 Å². The number of hydrogen-bond acceptors (Lipinski definition) is 7. The van der Waals surface area contributed by atoms with Crippen molar-refractivity contribution in [2.24, 2.45) is 0 Å². The molecule has 31 heavy (non-hydrogen) atoms. The summed E-state index contributed by atoms with van der Waals surface area (Å²) in [5, 5.41) is 9.20. The number of nitrogens with one attached hydrogen (secondary N) is 1. The van der Waals surface area contributed by atoms with Crippen LogP contribution in [-0.2, 0) is 10.5 Å². The molecule has 1 N–H and O–H groups in total.